The molecule has 0 N–H and O–H groups in total. The van der Waals surface area contributed by atoms with Gasteiger partial charge in [0.2, 0.25) is 10.5 Å². The fourth-order valence-corrected chi connectivity index (χ4v) is 1.47. The lowest BCUT2D eigenvalue weighted by molar-refractivity contribution is 0.414. The van der Waals surface area contributed by atoms with Crippen molar-refractivity contribution in [2.75, 3.05) is 7.11 Å². The molecule has 0 saturated heterocycles. The quantitative estimate of drug-likeness (QED) is 0.354. The van der Waals surface area contributed by atoms with Gasteiger partial charge in [0, 0.05) is 6.42 Å². The molecule has 0 saturated carbocycles. The largest absolute Gasteiger partial charge is 0.497 e. The van der Waals surface area contributed by atoms with Crippen molar-refractivity contribution >= 4 is 29.3 Å². The van der Waals surface area contributed by atoms with Crippen LogP contribution in [0.4, 0.5) is 0 Å². The number of hydrogen-bond donors (Lipinski definition) is 0. The number of ether oxygens (including phenoxy) is 1. The lowest BCUT2D eigenvalue weighted by atomic mass is 10.1. The third-order valence-electron chi connectivity index (χ3n) is 1.79. The number of methoxy groups -OCH3 is 1. The first kappa shape index (κ1) is 12.1. The van der Waals surface area contributed by atoms with Gasteiger partial charge in [-0.05, 0) is 17.7 Å². The van der Waals surface area contributed by atoms with Gasteiger partial charge in [-0.25, -0.2) is 4.79 Å². The molecule has 0 aliphatic rings. The zero-order chi connectivity index (χ0) is 11.3. The Morgan fingerprint density at radius 3 is 2.47 bits per heavy atom. The van der Waals surface area contributed by atoms with E-state index in [9.17, 15) is 4.79 Å². The Morgan fingerprint density at radius 1 is 1.40 bits per heavy atom. The number of halogens is 2. The maximum absolute atomic E-state index is 10.0. The summed E-state index contributed by atoms with van der Waals surface area (Å²) in [4.78, 5) is 13.3. The molecule has 3 nitrogen and oxygen atoms in total. The number of carbonyl (C=O) groups excluding carboxylic acids is 1. The maximum Gasteiger partial charge on any atom is 0.238 e. The van der Waals surface area contributed by atoms with Crippen LogP contribution in [0.25, 0.3) is 0 Å². The molecule has 0 aliphatic heterocycles. The van der Waals surface area contributed by atoms with Crippen LogP contribution in [0.3, 0.4) is 0 Å². The fourth-order valence-electron chi connectivity index (χ4n) is 1.10. The van der Waals surface area contributed by atoms with Crippen molar-refractivity contribution in [2.45, 2.75) is 10.9 Å². The Balaban J connectivity index is 2.76. The van der Waals surface area contributed by atoms with Crippen molar-refractivity contribution in [3.63, 3.8) is 0 Å². The highest BCUT2D eigenvalue weighted by molar-refractivity contribution is 6.48. The van der Waals surface area contributed by atoms with E-state index in [4.69, 9.17) is 27.9 Å². The number of hydrogen-bond acceptors (Lipinski definition) is 3. The molecule has 0 unspecified atom stereocenters. The number of aliphatic imine (C=N–C) groups is 1. The Bertz CT molecular complexity index is 370. The van der Waals surface area contributed by atoms with E-state index in [0.29, 0.717) is 0 Å². The van der Waals surface area contributed by atoms with Crippen LogP contribution in [-0.2, 0) is 11.2 Å². The molecule has 5 heteroatoms. The number of rotatable bonds is 4. The second-order valence-electron chi connectivity index (χ2n) is 2.89. The Kier molecular flexibility index (Phi) is 4.15. The molecule has 0 fully saturated rings. The van der Waals surface area contributed by atoms with Gasteiger partial charge in [-0.3, -0.25) is 0 Å². The summed E-state index contributed by atoms with van der Waals surface area (Å²) in [7, 11) is 1.58. The number of nitrogens with zero attached hydrogens (tertiary/aromatic N) is 1. The zero-order valence-electron chi connectivity index (χ0n) is 8.04. The van der Waals surface area contributed by atoms with Gasteiger partial charge in [-0.1, -0.05) is 35.3 Å². The van der Waals surface area contributed by atoms with Crippen LogP contribution in [0.2, 0.25) is 0 Å². The molecule has 0 radical (unpaired) electrons. The molecule has 0 atom stereocenters. The van der Waals surface area contributed by atoms with Crippen LogP contribution in [-0.4, -0.2) is 17.6 Å². The summed E-state index contributed by atoms with van der Waals surface area (Å²) < 4.78 is 3.55. The summed E-state index contributed by atoms with van der Waals surface area (Å²) in [6, 6.07) is 7.17. The van der Waals surface area contributed by atoms with Gasteiger partial charge in [0.25, 0.3) is 0 Å². The average Bonchev–Trinajstić information content (AvgIpc) is 2.18. The van der Waals surface area contributed by atoms with Crippen LogP contribution >= 0.6 is 23.2 Å². The zero-order valence-corrected chi connectivity index (χ0v) is 9.55. The third kappa shape index (κ3) is 3.92. The highest BCUT2D eigenvalue weighted by Gasteiger charge is 2.23. The molecule has 0 aromatic heterocycles. The van der Waals surface area contributed by atoms with Gasteiger partial charge in [0.1, 0.15) is 5.75 Å². The molecule has 1 rings (SSSR count). The minimum absolute atomic E-state index is 0.245. The highest BCUT2D eigenvalue weighted by Crippen LogP contribution is 2.27. The van der Waals surface area contributed by atoms with Crippen molar-refractivity contribution in [1.29, 1.82) is 0 Å². The van der Waals surface area contributed by atoms with Gasteiger partial charge < -0.3 is 4.74 Å². The van der Waals surface area contributed by atoms with E-state index in [0.717, 1.165) is 11.3 Å². The predicted octanol–water partition coefficient (Wildman–Crippen LogP) is 2.70. The summed E-state index contributed by atoms with van der Waals surface area (Å²) in [5.74, 6) is 0.743. The fraction of sp³-hybridized carbons (Fsp3) is 0.300. The summed E-state index contributed by atoms with van der Waals surface area (Å²) in [5, 5.41) is 0. The van der Waals surface area contributed by atoms with Crippen molar-refractivity contribution in [1.82, 2.24) is 0 Å². The van der Waals surface area contributed by atoms with Crippen LogP contribution < -0.4 is 4.74 Å². The normalized spacial score (nSPS) is 10.6. The van der Waals surface area contributed by atoms with Crippen LogP contribution in [0.1, 0.15) is 5.56 Å². The van der Waals surface area contributed by atoms with Gasteiger partial charge in [-0.2, -0.15) is 4.99 Å². The number of alkyl halides is 2. The molecular formula is C10H9Cl2NO2. The van der Waals surface area contributed by atoms with Gasteiger partial charge in [-0.15, -0.1) is 0 Å². The minimum Gasteiger partial charge on any atom is -0.497 e. The second kappa shape index (κ2) is 5.17. The van der Waals surface area contributed by atoms with Crippen molar-refractivity contribution in [3.8, 4) is 5.75 Å². The van der Waals surface area contributed by atoms with E-state index in [1.807, 2.05) is 0 Å². The molecule has 0 bridgehead atoms. The predicted molar refractivity (Wildman–Crippen MR) is 59.3 cm³/mol. The van der Waals surface area contributed by atoms with Crippen LogP contribution in [0, 0.1) is 0 Å². The summed E-state index contributed by atoms with van der Waals surface area (Å²) in [5.41, 5.74) is 0.861. The highest BCUT2D eigenvalue weighted by atomic mass is 35.5. The number of benzene rings is 1. The molecular weight excluding hydrogens is 237 g/mol. The first-order valence-electron chi connectivity index (χ1n) is 4.17. The topological polar surface area (TPSA) is 38.7 Å². The molecule has 1 aromatic rings. The van der Waals surface area contributed by atoms with Gasteiger partial charge >= 0.3 is 0 Å². The molecule has 80 valence electrons. The van der Waals surface area contributed by atoms with Crippen molar-refractivity contribution in [3.05, 3.63) is 29.8 Å². The average molecular weight is 246 g/mol. The first-order valence-corrected chi connectivity index (χ1v) is 4.93. The molecule has 1 aromatic carbocycles. The Morgan fingerprint density at radius 2 is 2.00 bits per heavy atom. The Labute approximate surface area is 97.7 Å². The first-order chi connectivity index (χ1) is 7.07. The van der Waals surface area contributed by atoms with Crippen LogP contribution in [0.15, 0.2) is 29.3 Å². The maximum atomic E-state index is 10.0. The van der Waals surface area contributed by atoms with Crippen LogP contribution in [0.5, 0.6) is 5.75 Å². The van der Waals surface area contributed by atoms with Crippen molar-refractivity contribution < 1.29 is 9.53 Å². The van der Waals surface area contributed by atoms with E-state index >= 15 is 0 Å². The molecule has 0 heterocycles. The van der Waals surface area contributed by atoms with E-state index < -0.39 is 4.46 Å². The lowest BCUT2D eigenvalue weighted by Gasteiger charge is -2.12. The van der Waals surface area contributed by atoms with E-state index in [1.54, 1.807) is 31.4 Å². The van der Waals surface area contributed by atoms with Gasteiger partial charge in [0.15, 0.2) is 0 Å². The summed E-state index contributed by atoms with van der Waals surface area (Å²) in [6.45, 7) is 0. The molecule has 15 heavy (non-hydrogen) atoms. The lowest BCUT2D eigenvalue weighted by Crippen LogP contribution is -2.12. The second-order valence-corrected chi connectivity index (χ2v) is 4.34. The summed E-state index contributed by atoms with van der Waals surface area (Å²) >= 11 is 11.5. The third-order valence-corrected chi connectivity index (χ3v) is 2.22. The molecule has 0 aliphatic carbocycles. The van der Waals surface area contributed by atoms with Crippen molar-refractivity contribution in [2.24, 2.45) is 4.99 Å². The van der Waals surface area contributed by atoms with E-state index in [1.165, 1.54) is 6.08 Å². The monoisotopic (exact) mass is 245 g/mol. The molecule has 0 spiro atoms. The smallest absolute Gasteiger partial charge is 0.238 e. The standard InChI is InChI=1S/C10H9Cl2NO2/c1-15-9-4-2-8(3-5-9)6-10(11,12)13-7-14/h2-5H,6H2,1H3. The van der Waals surface area contributed by atoms with E-state index in [-0.39, 0.29) is 6.42 Å². The minimum atomic E-state index is -1.45. The summed E-state index contributed by atoms with van der Waals surface area (Å²) in [6.07, 6.45) is 1.58. The van der Waals surface area contributed by atoms with Gasteiger partial charge in [0.05, 0.1) is 7.11 Å². The Hall–Kier alpha value is -1.02. The van der Waals surface area contributed by atoms with E-state index in [2.05, 4.69) is 4.99 Å². The number of isocyanates is 1. The SMILES string of the molecule is COc1ccc(CC(Cl)(Cl)N=C=O)cc1. The molecule has 0 amide bonds.